The molecular weight excluding hydrogens is 604 g/mol. The Morgan fingerprint density at radius 2 is 1.44 bits per heavy atom. The molecule has 0 radical (unpaired) electrons. The van der Waals surface area contributed by atoms with Crippen molar-refractivity contribution in [2.75, 3.05) is 16.4 Å². The Labute approximate surface area is 249 Å². The van der Waals surface area contributed by atoms with Crippen molar-refractivity contribution in [3.63, 3.8) is 0 Å². The fourth-order valence-corrected chi connectivity index (χ4v) is 4.61. The van der Waals surface area contributed by atoms with Crippen molar-refractivity contribution in [3.8, 4) is 0 Å². The molecule has 0 saturated carbocycles. The van der Waals surface area contributed by atoms with Gasteiger partial charge in [0.1, 0.15) is 5.70 Å². The molecule has 0 bridgehead atoms. The van der Waals surface area contributed by atoms with Crippen LogP contribution >= 0.6 is 27.7 Å². The zero-order valence-corrected chi connectivity index (χ0v) is 24.0. The summed E-state index contributed by atoms with van der Waals surface area (Å²) >= 11 is 4.68. The number of amides is 4. The summed E-state index contributed by atoms with van der Waals surface area (Å²) < 4.78 is 0.889. The lowest BCUT2D eigenvalue weighted by Crippen LogP contribution is -2.30. The lowest BCUT2D eigenvalue weighted by Gasteiger charge is -2.12. The van der Waals surface area contributed by atoms with Gasteiger partial charge in [0.15, 0.2) is 0 Å². The fraction of sp³-hybridized carbons (Fsp3) is 0.0323. The predicted molar refractivity (Wildman–Crippen MR) is 165 cm³/mol. The van der Waals surface area contributed by atoms with Gasteiger partial charge in [-0.25, -0.2) is 0 Å². The Hall–Kier alpha value is -4.67. The minimum absolute atomic E-state index is 0.0764. The average molecular weight is 630 g/mol. The predicted octanol–water partition coefficient (Wildman–Crippen LogP) is 5.69. The van der Waals surface area contributed by atoms with E-state index in [4.69, 9.17) is 5.73 Å². The summed E-state index contributed by atoms with van der Waals surface area (Å²) in [4.78, 5) is 50.8. The molecule has 4 amide bonds. The number of anilines is 2. The van der Waals surface area contributed by atoms with Gasteiger partial charge in [0.25, 0.3) is 17.7 Å². The Morgan fingerprint density at radius 1 is 0.780 bits per heavy atom. The summed E-state index contributed by atoms with van der Waals surface area (Å²) in [7, 11) is 0. The highest BCUT2D eigenvalue weighted by atomic mass is 79.9. The zero-order valence-electron chi connectivity index (χ0n) is 21.6. The van der Waals surface area contributed by atoms with E-state index in [1.807, 2.05) is 24.3 Å². The summed E-state index contributed by atoms with van der Waals surface area (Å²) in [6.45, 7) is 0. The van der Waals surface area contributed by atoms with Crippen LogP contribution in [0.1, 0.15) is 26.3 Å². The normalized spacial score (nSPS) is 10.9. The molecule has 0 spiro atoms. The van der Waals surface area contributed by atoms with Gasteiger partial charge >= 0.3 is 0 Å². The van der Waals surface area contributed by atoms with Crippen LogP contribution in [0.2, 0.25) is 0 Å². The molecular formula is C31H25BrN4O4S. The van der Waals surface area contributed by atoms with E-state index in [1.165, 1.54) is 11.8 Å². The van der Waals surface area contributed by atoms with Gasteiger partial charge < -0.3 is 21.7 Å². The van der Waals surface area contributed by atoms with Crippen molar-refractivity contribution >= 4 is 68.8 Å². The standard InChI is InChI=1S/C31H25BrN4O4S/c32-22-12-10-20(11-13-22)18-27(36-30(39)21-6-2-1-3-7-21)31(40)34-23-14-16-24(17-15-23)41-19-28(37)35-26-9-5-4-8-25(26)29(33)38/h1-18H,19H2,(H2,33,38)(H,34,40)(H,35,37)(H,36,39)/b27-18-. The summed E-state index contributed by atoms with van der Waals surface area (Å²) in [6, 6.07) is 29.4. The van der Waals surface area contributed by atoms with E-state index >= 15 is 0 Å². The molecule has 41 heavy (non-hydrogen) atoms. The first-order valence-corrected chi connectivity index (χ1v) is 14.1. The number of rotatable bonds is 10. The number of thioether (sulfide) groups is 1. The molecule has 0 aromatic heterocycles. The smallest absolute Gasteiger partial charge is 0.272 e. The largest absolute Gasteiger partial charge is 0.366 e. The molecule has 0 heterocycles. The van der Waals surface area contributed by atoms with Crippen molar-refractivity contribution in [1.82, 2.24) is 5.32 Å². The van der Waals surface area contributed by atoms with Gasteiger partial charge in [-0.05, 0) is 72.3 Å². The van der Waals surface area contributed by atoms with Crippen LogP contribution in [0.5, 0.6) is 0 Å². The van der Waals surface area contributed by atoms with Gasteiger partial charge in [0.2, 0.25) is 5.91 Å². The number of benzene rings is 4. The molecule has 5 N–H and O–H groups in total. The summed E-state index contributed by atoms with van der Waals surface area (Å²) in [5, 5.41) is 8.22. The van der Waals surface area contributed by atoms with Crippen molar-refractivity contribution in [2.24, 2.45) is 5.73 Å². The third-order valence-corrected chi connectivity index (χ3v) is 7.20. The van der Waals surface area contributed by atoms with E-state index in [2.05, 4.69) is 31.9 Å². The van der Waals surface area contributed by atoms with Gasteiger partial charge in [-0.15, -0.1) is 11.8 Å². The topological polar surface area (TPSA) is 130 Å². The maximum atomic E-state index is 13.2. The number of carbonyl (C=O) groups excluding carboxylic acids is 4. The Bertz CT molecular complexity index is 1590. The van der Waals surface area contributed by atoms with Crippen LogP contribution in [0.25, 0.3) is 6.08 Å². The molecule has 0 aliphatic rings. The van der Waals surface area contributed by atoms with Crippen LogP contribution in [0.3, 0.4) is 0 Å². The molecule has 0 fully saturated rings. The molecule has 8 nitrogen and oxygen atoms in total. The van der Waals surface area contributed by atoms with Gasteiger partial charge in [0.05, 0.1) is 17.0 Å². The van der Waals surface area contributed by atoms with E-state index in [0.717, 1.165) is 14.9 Å². The first kappa shape index (κ1) is 29.3. The van der Waals surface area contributed by atoms with E-state index in [-0.39, 0.29) is 22.9 Å². The highest BCUT2D eigenvalue weighted by Crippen LogP contribution is 2.22. The highest BCUT2D eigenvalue weighted by Gasteiger charge is 2.16. The maximum absolute atomic E-state index is 13.2. The second kappa shape index (κ2) is 14.1. The van der Waals surface area contributed by atoms with Crippen LogP contribution in [0, 0.1) is 0 Å². The quantitative estimate of drug-likeness (QED) is 0.132. The average Bonchev–Trinajstić information content (AvgIpc) is 2.98. The SMILES string of the molecule is NC(=O)c1ccccc1NC(=O)CSc1ccc(NC(=O)/C(=C/c2ccc(Br)cc2)NC(=O)c2ccccc2)cc1. The van der Waals surface area contributed by atoms with Crippen molar-refractivity contribution in [3.05, 3.63) is 130 Å². The number of primary amides is 1. The summed E-state index contributed by atoms with van der Waals surface area (Å²) in [5.41, 5.74) is 7.70. The molecule has 10 heteroatoms. The van der Waals surface area contributed by atoms with Crippen LogP contribution in [0.4, 0.5) is 11.4 Å². The minimum Gasteiger partial charge on any atom is -0.366 e. The summed E-state index contributed by atoms with van der Waals surface area (Å²) in [5.74, 6) is -1.72. The molecule has 0 aliphatic carbocycles. The number of para-hydroxylation sites is 1. The van der Waals surface area contributed by atoms with Gasteiger partial charge in [-0.2, -0.15) is 0 Å². The Kier molecular flexibility index (Phi) is 10.1. The van der Waals surface area contributed by atoms with Crippen molar-refractivity contribution < 1.29 is 19.2 Å². The van der Waals surface area contributed by atoms with Crippen LogP contribution in [-0.2, 0) is 9.59 Å². The first-order valence-electron chi connectivity index (χ1n) is 12.3. The molecule has 4 aromatic rings. The van der Waals surface area contributed by atoms with Crippen LogP contribution < -0.4 is 21.7 Å². The molecule has 0 aliphatic heterocycles. The van der Waals surface area contributed by atoms with E-state index < -0.39 is 17.7 Å². The van der Waals surface area contributed by atoms with E-state index in [9.17, 15) is 19.2 Å². The lowest BCUT2D eigenvalue weighted by molar-refractivity contribution is -0.114. The molecule has 206 valence electrons. The third kappa shape index (κ3) is 8.66. The number of halogens is 1. The molecule has 0 atom stereocenters. The third-order valence-electron chi connectivity index (χ3n) is 5.66. The van der Waals surface area contributed by atoms with Crippen molar-refractivity contribution in [2.45, 2.75) is 4.90 Å². The molecule has 0 saturated heterocycles. The van der Waals surface area contributed by atoms with E-state index in [0.29, 0.717) is 16.9 Å². The second-order valence-electron chi connectivity index (χ2n) is 8.65. The first-order chi connectivity index (χ1) is 19.8. The summed E-state index contributed by atoms with van der Waals surface area (Å²) in [6.07, 6.45) is 1.60. The van der Waals surface area contributed by atoms with Crippen LogP contribution in [0.15, 0.2) is 118 Å². The molecule has 4 rings (SSSR count). The van der Waals surface area contributed by atoms with Crippen molar-refractivity contribution in [1.29, 1.82) is 0 Å². The zero-order chi connectivity index (χ0) is 29.2. The maximum Gasteiger partial charge on any atom is 0.272 e. The number of nitrogens with one attached hydrogen (secondary N) is 3. The second-order valence-corrected chi connectivity index (χ2v) is 10.6. The fourth-order valence-electron chi connectivity index (χ4n) is 3.64. The molecule has 0 unspecified atom stereocenters. The van der Waals surface area contributed by atoms with Gasteiger partial charge in [-0.3, -0.25) is 19.2 Å². The number of carbonyl (C=O) groups is 4. The lowest BCUT2D eigenvalue weighted by atomic mass is 10.1. The number of nitrogens with two attached hydrogens (primary N) is 1. The van der Waals surface area contributed by atoms with Crippen LogP contribution in [-0.4, -0.2) is 29.4 Å². The monoisotopic (exact) mass is 628 g/mol. The number of hydrogen-bond donors (Lipinski definition) is 4. The van der Waals surface area contributed by atoms with Gasteiger partial charge in [0, 0.05) is 20.6 Å². The minimum atomic E-state index is -0.624. The van der Waals surface area contributed by atoms with Gasteiger partial charge in [-0.1, -0.05) is 58.4 Å². The Balaban J connectivity index is 1.40. The highest BCUT2D eigenvalue weighted by molar-refractivity contribution is 9.10. The van der Waals surface area contributed by atoms with E-state index in [1.54, 1.807) is 84.9 Å². The Morgan fingerprint density at radius 3 is 2.12 bits per heavy atom. The molecule has 4 aromatic carbocycles. The number of hydrogen-bond acceptors (Lipinski definition) is 5.